The van der Waals surface area contributed by atoms with Crippen LogP contribution in [0.4, 0.5) is 0 Å². The Bertz CT molecular complexity index is 433. The van der Waals surface area contributed by atoms with Gasteiger partial charge in [0.1, 0.15) is 0 Å². The van der Waals surface area contributed by atoms with Crippen LogP contribution in [0.5, 0.6) is 0 Å². The summed E-state index contributed by atoms with van der Waals surface area (Å²) >= 11 is 7.56. The molecule has 0 aliphatic rings. The number of rotatable bonds is 3. The lowest BCUT2D eigenvalue weighted by Gasteiger charge is -1.97. The molecule has 3 heteroatoms. The van der Waals surface area contributed by atoms with E-state index in [1.54, 1.807) is 11.3 Å². The van der Waals surface area contributed by atoms with Gasteiger partial charge in [-0.3, -0.25) is 0 Å². The third-order valence-corrected chi connectivity index (χ3v) is 3.38. The summed E-state index contributed by atoms with van der Waals surface area (Å²) in [5, 5.41) is 4.09. The number of hydrogen-bond donors (Lipinski definition) is 0. The van der Waals surface area contributed by atoms with Crippen LogP contribution in [-0.2, 0) is 12.8 Å². The van der Waals surface area contributed by atoms with Gasteiger partial charge in [0.15, 0.2) is 0 Å². The van der Waals surface area contributed by atoms with Crippen molar-refractivity contribution in [2.75, 3.05) is 0 Å². The molecule has 78 valence electrons. The molecule has 0 saturated carbocycles. The van der Waals surface area contributed by atoms with Gasteiger partial charge in [-0.25, -0.2) is 4.98 Å². The first-order chi connectivity index (χ1) is 7.28. The van der Waals surface area contributed by atoms with Gasteiger partial charge < -0.3 is 0 Å². The van der Waals surface area contributed by atoms with Gasteiger partial charge in [0, 0.05) is 16.8 Å². The summed E-state index contributed by atoms with van der Waals surface area (Å²) in [4.78, 5) is 4.53. The van der Waals surface area contributed by atoms with Gasteiger partial charge in [-0.05, 0) is 24.1 Å². The summed E-state index contributed by atoms with van der Waals surface area (Å²) in [7, 11) is 0. The quantitative estimate of drug-likeness (QED) is 0.788. The molecule has 1 aromatic carbocycles. The van der Waals surface area contributed by atoms with E-state index in [-0.39, 0.29) is 0 Å². The summed E-state index contributed by atoms with van der Waals surface area (Å²) < 4.78 is 0. The molecule has 1 heterocycles. The number of thiazole rings is 1. The van der Waals surface area contributed by atoms with E-state index in [1.807, 2.05) is 12.1 Å². The predicted octanol–water partition coefficient (Wildman–Crippen LogP) is 3.95. The average Bonchev–Trinajstić information content (AvgIpc) is 2.69. The molecule has 0 aliphatic heterocycles. The van der Waals surface area contributed by atoms with Gasteiger partial charge in [0.05, 0.1) is 10.7 Å². The zero-order valence-corrected chi connectivity index (χ0v) is 10.1. The molecule has 2 aromatic rings. The van der Waals surface area contributed by atoms with Crippen LogP contribution in [0.2, 0.25) is 5.02 Å². The minimum absolute atomic E-state index is 0.784. The van der Waals surface area contributed by atoms with Crippen LogP contribution < -0.4 is 0 Å². The van der Waals surface area contributed by atoms with Crippen molar-refractivity contribution in [3.8, 4) is 0 Å². The van der Waals surface area contributed by atoms with E-state index in [0.29, 0.717) is 0 Å². The second-order valence-corrected chi connectivity index (χ2v) is 4.77. The second-order valence-electron chi connectivity index (χ2n) is 3.39. The van der Waals surface area contributed by atoms with Crippen molar-refractivity contribution in [3.63, 3.8) is 0 Å². The van der Waals surface area contributed by atoms with E-state index in [2.05, 4.69) is 29.4 Å². The lowest BCUT2D eigenvalue weighted by molar-refractivity contribution is 1.02. The molecule has 0 fully saturated rings. The normalized spacial score (nSPS) is 10.5. The van der Waals surface area contributed by atoms with Crippen LogP contribution in [0.3, 0.4) is 0 Å². The molecular formula is C12H12ClNS. The molecule has 2 rings (SSSR count). The number of aryl methyl sites for hydroxylation is 1. The van der Waals surface area contributed by atoms with Crippen LogP contribution >= 0.6 is 22.9 Å². The molecule has 1 nitrogen and oxygen atoms in total. The van der Waals surface area contributed by atoms with Gasteiger partial charge in [0.2, 0.25) is 0 Å². The average molecular weight is 238 g/mol. The summed E-state index contributed by atoms with van der Waals surface area (Å²) in [6.45, 7) is 2.13. The Hall–Kier alpha value is -0.860. The molecule has 1 aromatic heterocycles. The van der Waals surface area contributed by atoms with E-state index < -0.39 is 0 Å². The van der Waals surface area contributed by atoms with Gasteiger partial charge >= 0.3 is 0 Å². The molecule has 0 radical (unpaired) electrons. The van der Waals surface area contributed by atoms with Crippen molar-refractivity contribution in [2.45, 2.75) is 19.8 Å². The minimum Gasteiger partial charge on any atom is -0.246 e. The maximum atomic E-state index is 5.83. The largest absolute Gasteiger partial charge is 0.246 e. The highest BCUT2D eigenvalue weighted by Crippen LogP contribution is 2.16. The number of hydrogen-bond acceptors (Lipinski definition) is 2. The van der Waals surface area contributed by atoms with E-state index >= 15 is 0 Å². The molecule has 0 bridgehead atoms. The highest BCUT2D eigenvalue weighted by molar-refractivity contribution is 7.09. The summed E-state index contributed by atoms with van der Waals surface area (Å²) in [5.74, 6) is 0. The Morgan fingerprint density at radius 2 is 2.00 bits per heavy atom. The standard InChI is InChI=1S/C12H12ClNS/c1-2-11-8-15-12(14-11)7-9-3-5-10(13)6-4-9/h3-6,8H,2,7H2,1H3. The zero-order valence-electron chi connectivity index (χ0n) is 8.53. The number of benzene rings is 1. The van der Waals surface area contributed by atoms with E-state index in [0.717, 1.165) is 17.9 Å². The van der Waals surface area contributed by atoms with Crippen molar-refractivity contribution in [2.24, 2.45) is 0 Å². The Labute approximate surface area is 98.7 Å². The molecule has 0 amide bonds. The molecule has 0 atom stereocenters. The van der Waals surface area contributed by atoms with Crippen LogP contribution in [0.15, 0.2) is 29.6 Å². The zero-order chi connectivity index (χ0) is 10.7. The fourth-order valence-electron chi connectivity index (χ4n) is 1.37. The Balaban J connectivity index is 2.11. The third kappa shape index (κ3) is 2.80. The van der Waals surface area contributed by atoms with Crippen molar-refractivity contribution < 1.29 is 0 Å². The Morgan fingerprint density at radius 3 is 2.60 bits per heavy atom. The lowest BCUT2D eigenvalue weighted by Crippen LogP contribution is -1.87. The Morgan fingerprint density at radius 1 is 1.27 bits per heavy atom. The maximum Gasteiger partial charge on any atom is 0.0972 e. The third-order valence-electron chi connectivity index (χ3n) is 2.23. The van der Waals surface area contributed by atoms with Crippen molar-refractivity contribution in [1.82, 2.24) is 4.98 Å². The molecular weight excluding hydrogens is 226 g/mol. The molecule has 0 aliphatic carbocycles. The summed E-state index contributed by atoms with van der Waals surface area (Å²) in [6.07, 6.45) is 1.92. The van der Waals surface area contributed by atoms with Crippen molar-refractivity contribution in [1.29, 1.82) is 0 Å². The fourth-order valence-corrected chi connectivity index (χ4v) is 2.41. The highest BCUT2D eigenvalue weighted by atomic mass is 35.5. The van der Waals surface area contributed by atoms with E-state index in [9.17, 15) is 0 Å². The van der Waals surface area contributed by atoms with Gasteiger partial charge in [-0.15, -0.1) is 11.3 Å². The number of nitrogens with zero attached hydrogens (tertiary/aromatic N) is 1. The second kappa shape index (κ2) is 4.77. The molecule has 0 N–H and O–H groups in total. The molecule has 0 spiro atoms. The smallest absolute Gasteiger partial charge is 0.0972 e. The lowest BCUT2D eigenvalue weighted by atomic mass is 10.2. The summed E-state index contributed by atoms with van der Waals surface area (Å²) in [5.41, 5.74) is 2.44. The topological polar surface area (TPSA) is 12.9 Å². The maximum absolute atomic E-state index is 5.83. The monoisotopic (exact) mass is 237 g/mol. The SMILES string of the molecule is CCc1csc(Cc2ccc(Cl)cc2)n1. The molecule has 0 saturated heterocycles. The molecule has 15 heavy (non-hydrogen) atoms. The van der Waals surface area contributed by atoms with Crippen LogP contribution in [0, 0.1) is 0 Å². The minimum atomic E-state index is 0.784. The van der Waals surface area contributed by atoms with E-state index in [1.165, 1.54) is 16.3 Å². The highest BCUT2D eigenvalue weighted by Gasteiger charge is 2.01. The van der Waals surface area contributed by atoms with Crippen molar-refractivity contribution in [3.05, 3.63) is 50.9 Å². The van der Waals surface area contributed by atoms with Gasteiger partial charge in [-0.1, -0.05) is 30.7 Å². The van der Waals surface area contributed by atoms with Crippen LogP contribution in [-0.4, -0.2) is 4.98 Å². The summed E-state index contributed by atoms with van der Waals surface area (Å²) in [6, 6.07) is 7.95. The number of aromatic nitrogens is 1. The van der Waals surface area contributed by atoms with Crippen LogP contribution in [0.25, 0.3) is 0 Å². The molecule has 0 unspecified atom stereocenters. The fraction of sp³-hybridized carbons (Fsp3) is 0.250. The predicted molar refractivity (Wildman–Crippen MR) is 65.8 cm³/mol. The van der Waals surface area contributed by atoms with E-state index in [4.69, 9.17) is 11.6 Å². The Kier molecular flexibility index (Phi) is 3.39. The first kappa shape index (κ1) is 10.7. The first-order valence-electron chi connectivity index (χ1n) is 4.95. The first-order valence-corrected chi connectivity index (χ1v) is 6.21. The van der Waals surface area contributed by atoms with Gasteiger partial charge in [0.25, 0.3) is 0 Å². The van der Waals surface area contributed by atoms with Gasteiger partial charge in [-0.2, -0.15) is 0 Å². The van der Waals surface area contributed by atoms with Crippen molar-refractivity contribution >= 4 is 22.9 Å². The van der Waals surface area contributed by atoms with Crippen LogP contribution in [0.1, 0.15) is 23.2 Å². The number of halogens is 1.